The van der Waals surface area contributed by atoms with Gasteiger partial charge in [-0.25, -0.2) is 0 Å². The minimum atomic E-state index is -5.17. The lowest BCUT2D eigenvalue weighted by Crippen LogP contribution is -2.52. The van der Waals surface area contributed by atoms with E-state index in [0.29, 0.717) is 5.56 Å². The van der Waals surface area contributed by atoms with Gasteiger partial charge in [-0.05, 0) is 16.7 Å². The van der Waals surface area contributed by atoms with Gasteiger partial charge in [-0.15, -0.1) is 0 Å². The second-order valence-electron chi connectivity index (χ2n) is 5.98. The van der Waals surface area contributed by atoms with E-state index in [-0.39, 0.29) is 0 Å². The van der Waals surface area contributed by atoms with Crippen molar-refractivity contribution in [3.8, 4) is 11.1 Å². The molecule has 0 bridgehead atoms. The number of ether oxygens (including phenoxy) is 2. The van der Waals surface area contributed by atoms with Crippen molar-refractivity contribution in [2.75, 3.05) is 14.2 Å². The molecule has 0 atom stereocenters. The van der Waals surface area contributed by atoms with Crippen LogP contribution < -0.4 is 0 Å². The first-order chi connectivity index (χ1) is 13.3. The van der Waals surface area contributed by atoms with E-state index in [1.54, 1.807) is 12.1 Å². The number of hydrogen-bond donors (Lipinski definition) is 0. The third kappa shape index (κ3) is 4.24. The average Bonchev–Trinajstić information content (AvgIpc) is 2.70. The molecule has 148 valence electrons. The van der Waals surface area contributed by atoms with E-state index in [1.807, 2.05) is 42.5 Å². The third-order valence-corrected chi connectivity index (χ3v) is 4.30. The van der Waals surface area contributed by atoms with Crippen LogP contribution in [0.1, 0.15) is 12.0 Å². The lowest BCUT2D eigenvalue weighted by atomic mass is 9.83. The SMILES string of the molecule is COC(=O)C(C/C=C/c1ccc(-c2ccccc2)cc1)(C(=O)OC)C(F)(F)F. The van der Waals surface area contributed by atoms with E-state index in [2.05, 4.69) is 9.47 Å². The van der Waals surface area contributed by atoms with Crippen molar-refractivity contribution in [2.45, 2.75) is 12.6 Å². The van der Waals surface area contributed by atoms with Crippen LogP contribution in [0.2, 0.25) is 0 Å². The second-order valence-corrected chi connectivity index (χ2v) is 5.98. The van der Waals surface area contributed by atoms with Crippen LogP contribution in [0, 0.1) is 5.41 Å². The standard InChI is InChI=1S/C21H19F3O4/c1-27-18(25)20(19(26)28-2,21(22,23)24)14-6-7-15-10-12-17(13-11-15)16-8-4-3-5-9-16/h3-13H,14H2,1-2H3/b7-6+. The van der Waals surface area contributed by atoms with E-state index in [9.17, 15) is 22.8 Å². The Bertz CT molecular complexity index is 824. The van der Waals surface area contributed by atoms with Crippen molar-refractivity contribution < 1.29 is 32.2 Å². The first kappa shape index (κ1) is 21.2. The summed E-state index contributed by atoms with van der Waals surface area (Å²) in [6.07, 6.45) is -3.59. The molecule has 0 spiro atoms. The molecule has 0 amide bonds. The molecule has 0 radical (unpaired) electrons. The number of carbonyl (C=O) groups is 2. The molecule has 0 N–H and O–H groups in total. The van der Waals surface area contributed by atoms with Gasteiger partial charge in [0, 0.05) is 6.42 Å². The highest BCUT2D eigenvalue weighted by Gasteiger charge is 2.67. The van der Waals surface area contributed by atoms with Crippen molar-refractivity contribution in [2.24, 2.45) is 5.41 Å². The first-order valence-corrected chi connectivity index (χ1v) is 8.32. The molecule has 0 aliphatic rings. The van der Waals surface area contributed by atoms with E-state index < -0.39 is 30.0 Å². The molecule has 0 unspecified atom stereocenters. The molecule has 0 heterocycles. The van der Waals surface area contributed by atoms with Crippen molar-refractivity contribution in [1.29, 1.82) is 0 Å². The Hall–Kier alpha value is -3.09. The summed E-state index contributed by atoms with van der Waals surface area (Å²) in [6.45, 7) is 0. The van der Waals surface area contributed by atoms with Gasteiger partial charge in [0.15, 0.2) is 0 Å². The van der Waals surface area contributed by atoms with Crippen molar-refractivity contribution in [3.05, 3.63) is 66.2 Å². The summed E-state index contributed by atoms with van der Waals surface area (Å²) in [6, 6.07) is 16.7. The maximum absolute atomic E-state index is 13.6. The Morgan fingerprint density at radius 1 is 0.857 bits per heavy atom. The smallest absolute Gasteiger partial charge is 0.415 e. The van der Waals surface area contributed by atoms with Crippen LogP contribution in [0.3, 0.4) is 0 Å². The molecule has 2 rings (SSSR count). The molecule has 4 nitrogen and oxygen atoms in total. The summed E-state index contributed by atoms with van der Waals surface area (Å²) >= 11 is 0. The van der Waals surface area contributed by atoms with E-state index in [4.69, 9.17) is 0 Å². The lowest BCUT2D eigenvalue weighted by molar-refractivity contribution is -0.237. The molecular weight excluding hydrogens is 373 g/mol. The van der Waals surface area contributed by atoms with Gasteiger partial charge in [0.2, 0.25) is 0 Å². The number of halogens is 3. The van der Waals surface area contributed by atoms with Gasteiger partial charge in [-0.2, -0.15) is 13.2 Å². The third-order valence-electron chi connectivity index (χ3n) is 4.30. The summed E-state index contributed by atoms with van der Waals surface area (Å²) in [4.78, 5) is 23.7. The fourth-order valence-corrected chi connectivity index (χ4v) is 2.73. The van der Waals surface area contributed by atoms with Gasteiger partial charge < -0.3 is 9.47 Å². The van der Waals surface area contributed by atoms with Gasteiger partial charge in [0.25, 0.3) is 5.41 Å². The van der Waals surface area contributed by atoms with Crippen LogP contribution >= 0.6 is 0 Å². The highest BCUT2D eigenvalue weighted by molar-refractivity contribution is 6.01. The minimum Gasteiger partial charge on any atom is -0.468 e. The Kier molecular flexibility index (Phi) is 6.62. The summed E-state index contributed by atoms with van der Waals surface area (Å²) in [7, 11) is 1.58. The monoisotopic (exact) mass is 392 g/mol. The van der Waals surface area contributed by atoms with Gasteiger partial charge in [-0.1, -0.05) is 66.7 Å². The van der Waals surface area contributed by atoms with Gasteiger partial charge in [0.1, 0.15) is 0 Å². The average molecular weight is 392 g/mol. The number of hydrogen-bond acceptors (Lipinski definition) is 4. The van der Waals surface area contributed by atoms with Crippen molar-refractivity contribution in [1.82, 2.24) is 0 Å². The number of benzene rings is 2. The lowest BCUT2D eigenvalue weighted by Gasteiger charge is -2.29. The summed E-state index contributed by atoms with van der Waals surface area (Å²) < 4.78 is 49.2. The fraction of sp³-hybridized carbons (Fsp3) is 0.238. The normalized spacial score (nSPS) is 12.0. The number of rotatable bonds is 6. The molecule has 0 aliphatic heterocycles. The number of carbonyl (C=O) groups excluding carboxylic acids is 2. The first-order valence-electron chi connectivity index (χ1n) is 8.32. The van der Waals surface area contributed by atoms with Gasteiger partial charge in [0.05, 0.1) is 14.2 Å². The molecule has 0 saturated carbocycles. The summed E-state index contributed by atoms with van der Waals surface area (Å²) in [5, 5.41) is 0. The Morgan fingerprint density at radius 3 is 1.82 bits per heavy atom. The Labute approximate surface area is 160 Å². The minimum absolute atomic E-state index is 0.616. The Balaban J connectivity index is 2.26. The maximum atomic E-state index is 13.6. The zero-order valence-corrected chi connectivity index (χ0v) is 15.3. The topological polar surface area (TPSA) is 52.6 Å². The van der Waals surface area contributed by atoms with Crippen LogP contribution in [0.25, 0.3) is 17.2 Å². The molecule has 0 aliphatic carbocycles. The van der Waals surface area contributed by atoms with Crippen LogP contribution in [-0.2, 0) is 19.1 Å². The van der Waals surface area contributed by atoms with Crippen LogP contribution in [-0.4, -0.2) is 32.3 Å². The van der Waals surface area contributed by atoms with Gasteiger partial charge in [-0.3, -0.25) is 9.59 Å². The van der Waals surface area contributed by atoms with Crippen molar-refractivity contribution >= 4 is 18.0 Å². The van der Waals surface area contributed by atoms with Crippen molar-refractivity contribution in [3.63, 3.8) is 0 Å². The quantitative estimate of drug-likeness (QED) is 0.530. The van der Waals surface area contributed by atoms with Crippen LogP contribution in [0.15, 0.2) is 60.7 Å². The highest BCUT2D eigenvalue weighted by atomic mass is 19.4. The van der Waals surface area contributed by atoms with E-state index >= 15 is 0 Å². The predicted molar refractivity (Wildman–Crippen MR) is 98.0 cm³/mol. The van der Waals surface area contributed by atoms with Crippen LogP contribution in [0.4, 0.5) is 13.2 Å². The molecular formula is C21H19F3O4. The molecule has 2 aromatic rings. The zero-order chi connectivity index (χ0) is 20.8. The molecule has 0 saturated heterocycles. The highest BCUT2D eigenvalue weighted by Crippen LogP contribution is 2.44. The van der Waals surface area contributed by atoms with Gasteiger partial charge >= 0.3 is 18.1 Å². The summed E-state index contributed by atoms with van der Waals surface area (Å²) in [5.74, 6) is -3.42. The van der Waals surface area contributed by atoms with E-state index in [0.717, 1.165) is 31.4 Å². The predicted octanol–water partition coefficient (Wildman–Crippen LogP) is 4.65. The molecule has 28 heavy (non-hydrogen) atoms. The maximum Gasteiger partial charge on any atom is 0.415 e. The Morgan fingerprint density at radius 2 is 1.36 bits per heavy atom. The number of alkyl halides is 3. The fourth-order valence-electron chi connectivity index (χ4n) is 2.73. The van der Waals surface area contributed by atoms with Crippen LogP contribution in [0.5, 0.6) is 0 Å². The molecule has 0 aromatic heterocycles. The zero-order valence-electron chi connectivity index (χ0n) is 15.3. The second kappa shape index (κ2) is 8.73. The molecule has 7 heteroatoms. The largest absolute Gasteiger partial charge is 0.468 e. The number of esters is 2. The number of methoxy groups -OCH3 is 2. The van der Waals surface area contributed by atoms with E-state index in [1.165, 1.54) is 6.08 Å². The molecule has 2 aromatic carbocycles. The molecule has 0 fully saturated rings. The number of allylic oxidation sites excluding steroid dienone is 1. The summed E-state index contributed by atoms with van der Waals surface area (Å²) in [5.41, 5.74) is -0.834.